The number of aliphatic hydroxyl groups is 1. The van der Waals surface area contributed by atoms with Gasteiger partial charge in [0.1, 0.15) is 0 Å². The van der Waals surface area contributed by atoms with E-state index in [-0.39, 0.29) is 18.4 Å². The van der Waals surface area contributed by atoms with Crippen LogP contribution in [-0.4, -0.2) is 44.3 Å². The summed E-state index contributed by atoms with van der Waals surface area (Å²) in [5, 5.41) is 35.2. The summed E-state index contributed by atoms with van der Waals surface area (Å²) in [4.78, 5) is 30.4. The molecule has 9 heteroatoms. The van der Waals surface area contributed by atoms with Crippen LogP contribution in [0.15, 0.2) is 42.5 Å². The van der Waals surface area contributed by atoms with E-state index in [0.29, 0.717) is 12.2 Å². The second kappa shape index (κ2) is 8.52. The lowest BCUT2D eigenvalue weighted by atomic mass is 9.80. The second-order valence-electron chi connectivity index (χ2n) is 5.74. The first-order valence-corrected chi connectivity index (χ1v) is 7.52. The third kappa shape index (κ3) is 5.62. The summed E-state index contributed by atoms with van der Waals surface area (Å²) in [5.74, 6) is -7.84. The number of rotatable bonds is 5. The molecule has 1 aliphatic carbocycles. The molecule has 1 aromatic carbocycles. The predicted molar refractivity (Wildman–Crippen MR) is 84.7 cm³/mol. The van der Waals surface area contributed by atoms with Crippen molar-refractivity contribution in [2.45, 2.75) is 30.8 Å². The Bertz CT molecular complexity index is 672. The van der Waals surface area contributed by atoms with Crippen LogP contribution in [0.25, 0.3) is 0 Å². The lowest BCUT2D eigenvalue weighted by molar-refractivity contribution is -0.167. The highest BCUT2D eigenvalue weighted by Crippen LogP contribution is 2.47. The van der Waals surface area contributed by atoms with Crippen LogP contribution < -0.4 is 0 Å². The molecule has 0 spiro atoms. The molecule has 0 amide bonds. The Labute approximate surface area is 147 Å². The minimum Gasteiger partial charge on any atom is -0.479 e. The quantitative estimate of drug-likeness (QED) is 0.582. The van der Waals surface area contributed by atoms with Crippen LogP contribution in [0.1, 0.15) is 24.8 Å². The molecule has 142 valence electrons. The van der Waals surface area contributed by atoms with E-state index in [1.165, 1.54) is 12.1 Å². The minimum atomic E-state index is -2.89. The zero-order valence-electron chi connectivity index (χ0n) is 13.5. The summed E-state index contributed by atoms with van der Waals surface area (Å²) in [5.41, 5.74) is -2.08. The fourth-order valence-electron chi connectivity index (χ4n) is 2.68. The van der Waals surface area contributed by atoms with Gasteiger partial charge in [0.25, 0.3) is 0 Å². The number of halogens is 2. The van der Waals surface area contributed by atoms with Gasteiger partial charge >= 0.3 is 17.9 Å². The van der Waals surface area contributed by atoms with Crippen molar-refractivity contribution >= 4 is 17.9 Å². The number of benzene rings is 1. The molecule has 0 unspecified atom stereocenters. The van der Waals surface area contributed by atoms with Gasteiger partial charge in [-0.25, -0.2) is 23.2 Å². The van der Waals surface area contributed by atoms with Crippen molar-refractivity contribution in [1.82, 2.24) is 0 Å². The first kappa shape index (κ1) is 21.2. The number of hydrogen-bond donors (Lipinski definition) is 4. The molecule has 7 nitrogen and oxygen atoms in total. The molecule has 2 rings (SSSR count). The standard InChI is InChI=1S/C13H14F2O3.C4H4O4/c14-12(15)7-6-10(8-12)13(18,11(16)17)9-4-2-1-3-5-9;5-3(6)1-2-4(7)8/h1-5,10,18H,6-8H2,(H,16,17);1-2H,(H,5,6)(H,7,8)/b;2-1+/t10-,13+;/m1./s1. The molecule has 0 bridgehead atoms. The number of aliphatic carboxylic acids is 3. The van der Waals surface area contributed by atoms with Gasteiger partial charge in [-0.05, 0) is 12.0 Å². The van der Waals surface area contributed by atoms with E-state index < -0.39 is 41.8 Å². The number of alkyl halides is 2. The highest BCUT2D eigenvalue weighted by Gasteiger charge is 2.53. The Kier molecular flexibility index (Phi) is 6.96. The van der Waals surface area contributed by atoms with Gasteiger partial charge in [-0.2, -0.15) is 0 Å². The molecule has 1 saturated carbocycles. The van der Waals surface area contributed by atoms with E-state index in [0.717, 1.165) is 0 Å². The van der Waals surface area contributed by atoms with Crippen molar-refractivity contribution in [2.75, 3.05) is 0 Å². The fourth-order valence-corrected chi connectivity index (χ4v) is 2.68. The van der Waals surface area contributed by atoms with Gasteiger partial charge in [-0.15, -0.1) is 0 Å². The number of carbonyl (C=O) groups is 3. The van der Waals surface area contributed by atoms with Crippen LogP contribution in [0.2, 0.25) is 0 Å². The van der Waals surface area contributed by atoms with Gasteiger partial charge < -0.3 is 20.4 Å². The molecule has 0 heterocycles. The maximum Gasteiger partial charge on any atom is 0.340 e. The van der Waals surface area contributed by atoms with Gasteiger partial charge in [0.05, 0.1) is 0 Å². The topological polar surface area (TPSA) is 132 Å². The molecule has 1 aliphatic rings. The van der Waals surface area contributed by atoms with Gasteiger partial charge in [-0.3, -0.25) is 0 Å². The molecule has 0 aromatic heterocycles. The van der Waals surface area contributed by atoms with Crippen molar-refractivity contribution in [3.8, 4) is 0 Å². The van der Waals surface area contributed by atoms with E-state index in [2.05, 4.69) is 0 Å². The molecule has 1 fully saturated rings. The van der Waals surface area contributed by atoms with Crippen LogP contribution in [0.5, 0.6) is 0 Å². The molecule has 4 N–H and O–H groups in total. The molecule has 0 aliphatic heterocycles. The summed E-state index contributed by atoms with van der Waals surface area (Å²) in [6.07, 6.45) is 0.153. The fraction of sp³-hybridized carbons (Fsp3) is 0.353. The Hall–Kier alpha value is -2.81. The van der Waals surface area contributed by atoms with Crippen molar-refractivity contribution < 1.29 is 43.6 Å². The van der Waals surface area contributed by atoms with Gasteiger partial charge in [0, 0.05) is 30.9 Å². The average molecular weight is 372 g/mol. The van der Waals surface area contributed by atoms with Crippen molar-refractivity contribution in [3.05, 3.63) is 48.0 Å². The van der Waals surface area contributed by atoms with E-state index in [1.54, 1.807) is 18.2 Å². The average Bonchev–Trinajstić information content (AvgIpc) is 2.93. The van der Waals surface area contributed by atoms with Gasteiger partial charge in [0.15, 0.2) is 5.60 Å². The zero-order valence-corrected chi connectivity index (χ0v) is 13.5. The summed E-state index contributed by atoms with van der Waals surface area (Å²) in [7, 11) is 0. The normalized spacial score (nSPS) is 20.7. The van der Waals surface area contributed by atoms with Crippen molar-refractivity contribution in [1.29, 1.82) is 0 Å². The van der Waals surface area contributed by atoms with Crippen LogP contribution >= 0.6 is 0 Å². The summed E-state index contributed by atoms with van der Waals surface area (Å²) in [6.45, 7) is 0. The number of carboxylic acids is 3. The molecule has 2 atom stereocenters. The minimum absolute atomic E-state index is 0.00466. The smallest absolute Gasteiger partial charge is 0.340 e. The predicted octanol–water partition coefficient (Wildman–Crippen LogP) is 2.11. The molecular weight excluding hydrogens is 354 g/mol. The summed E-state index contributed by atoms with van der Waals surface area (Å²) >= 11 is 0. The van der Waals surface area contributed by atoms with Crippen LogP contribution in [0.3, 0.4) is 0 Å². The Morgan fingerprint density at radius 1 is 1.04 bits per heavy atom. The SMILES string of the molecule is O=C(O)/C=C/C(=O)O.O=C(O)[C@](O)(c1ccccc1)[C@@H]1CCC(F)(F)C1. The van der Waals surface area contributed by atoms with Crippen LogP contribution in [-0.2, 0) is 20.0 Å². The first-order chi connectivity index (χ1) is 12.0. The van der Waals surface area contributed by atoms with E-state index in [4.69, 9.17) is 10.2 Å². The molecule has 0 saturated heterocycles. The lowest BCUT2D eigenvalue weighted by Crippen LogP contribution is -2.42. The molecule has 0 radical (unpaired) electrons. The molecule has 1 aromatic rings. The third-order valence-electron chi connectivity index (χ3n) is 3.90. The molecular formula is C17H18F2O7. The Morgan fingerprint density at radius 3 is 1.88 bits per heavy atom. The first-order valence-electron chi connectivity index (χ1n) is 7.52. The highest BCUT2D eigenvalue weighted by atomic mass is 19.3. The monoisotopic (exact) mass is 372 g/mol. The summed E-state index contributed by atoms with van der Waals surface area (Å²) in [6, 6.07) is 7.73. The van der Waals surface area contributed by atoms with Gasteiger partial charge in [0.2, 0.25) is 5.92 Å². The third-order valence-corrected chi connectivity index (χ3v) is 3.90. The van der Waals surface area contributed by atoms with Crippen LogP contribution in [0.4, 0.5) is 8.78 Å². The molecule has 26 heavy (non-hydrogen) atoms. The van der Waals surface area contributed by atoms with Crippen molar-refractivity contribution in [3.63, 3.8) is 0 Å². The maximum atomic E-state index is 13.2. The van der Waals surface area contributed by atoms with E-state index in [1.807, 2.05) is 0 Å². The van der Waals surface area contributed by atoms with E-state index in [9.17, 15) is 33.4 Å². The maximum absolute atomic E-state index is 13.2. The Morgan fingerprint density at radius 2 is 1.54 bits per heavy atom. The summed E-state index contributed by atoms with van der Waals surface area (Å²) < 4.78 is 26.4. The van der Waals surface area contributed by atoms with Gasteiger partial charge in [-0.1, -0.05) is 30.3 Å². The van der Waals surface area contributed by atoms with E-state index >= 15 is 0 Å². The number of carboxylic acid groups (broad SMARTS) is 3. The second-order valence-corrected chi connectivity index (χ2v) is 5.74. The largest absolute Gasteiger partial charge is 0.479 e. The number of hydrogen-bond acceptors (Lipinski definition) is 4. The van der Waals surface area contributed by atoms with Crippen LogP contribution in [0, 0.1) is 5.92 Å². The van der Waals surface area contributed by atoms with Crippen molar-refractivity contribution in [2.24, 2.45) is 5.92 Å². The Balaban J connectivity index is 0.000000359. The highest BCUT2D eigenvalue weighted by molar-refractivity contribution is 5.89. The lowest BCUT2D eigenvalue weighted by Gasteiger charge is -2.30. The zero-order chi connectivity index (χ0) is 20.0.